The van der Waals surface area contributed by atoms with Crippen LogP contribution in [0.1, 0.15) is 29.6 Å². The molecule has 1 rings (SSSR count). The van der Waals surface area contributed by atoms with Crippen molar-refractivity contribution in [2.45, 2.75) is 19.9 Å². The van der Waals surface area contributed by atoms with Gasteiger partial charge < -0.3 is 9.63 Å². The summed E-state index contributed by atoms with van der Waals surface area (Å²) < 4.78 is 5.02. The summed E-state index contributed by atoms with van der Waals surface area (Å²) in [6.45, 7) is 4.06. The predicted molar refractivity (Wildman–Crippen MR) is 60.8 cm³/mol. The SMILES string of the molecule is CCCN(CCO)Cc1cc(C(=O)NN)no1. The van der Waals surface area contributed by atoms with Gasteiger partial charge >= 0.3 is 0 Å². The number of hydrogen-bond donors (Lipinski definition) is 3. The van der Waals surface area contributed by atoms with Gasteiger partial charge in [0.1, 0.15) is 0 Å². The third kappa shape index (κ3) is 4.14. The van der Waals surface area contributed by atoms with Crippen LogP contribution in [0, 0.1) is 0 Å². The van der Waals surface area contributed by atoms with Crippen LogP contribution in [0.4, 0.5) is 0 Å². The van der Waals surface area contributed by atoms with E-state index in [0.29, 0.717) is 18.8 Å². The summed E-state index contributed by atoms with van der Waals surface area (Å²) in [6, 6.07) is 1.54. The second-order valence-corrected chi connectivity index (χ2v) is 3.65. The van der Waals surface area contributed by atoms with Crippen LogP contribution in [0.5, 0.6) is 0 Å². The molecule has 0 aliphatic carbocycles. The highest BCUT2D eigenvalue weighted by Crippen LogP contribution is 2.07. The van der Waals surface area contributed by atoms with Gasteiger partial charge in [0.25, 0.3) is 5.91 Å². The second-order valence-electron chi connectivity index (χ2n) is 3.65. The number of nitrogens with two attached hydrogens (primary N) is 1. The highest BCUT2D eigenvalue weighted by atomic mass is 16.5. The van der Waals surface area contributed by atoms with Crippen LogP contribution in [0.3, 0.4) is 0 Å². The highest BCUT2D eigenvalue weighted by molar-refractivity contribution is 5.91. The average Bonchev–Trinajstić information content (AvgIpc) is 2.77. The van der Waals surface area contributed by atoms with E-state index in [9.17, 15) is 4.79 Å². The van der Waals surface area contributed by atoms with E-state index in [2.05, 4.69) is 12.1 Å². The Kier molecular flexibility index (Phi) is 5.61. The molecule has 0 spiro atoms. The Labute approximate surface area is 99.5 Å². The van der Waals surface area contributed by atoms with E-state index in [1.807, 2.05) is 10.3 Å². The molecule has 1 aromatic rings. The van der Waals surface area contributed by atoms with Crippen LogP contribution >= 0.6 is 0 Å². The molecule has 7 heteroatoms. The van der Waals surface area contributed by atoms with Crippen LogP contribution < -0.4 is 11.3 Å². The van der Waals surface area contributed by atoms with Crippen LogP contribution in [0.25, 0.3) is 0 Å². The van der Waals surface area contributed by atoms with Gasteiger partial charge in [-0.3, -0.25) is 15.1 Å². The van der Waals surface area contributed by atoms with Gasteiger partial charge in [-0.15, -0.1) is 0 Å². The number of nitrogens with one attached hydrogen (secondary N) is 1. The monoisotopic (exact) mass is 242 g/mol. The lowest BCUT2D eigenvalue weighted by atomic mass is 10.3. The Bertz CT molecular complexity index is 347. The minimum atomic E-state index is -0.482. The van der Waals surface area contributed by atoms with Gasteiger partial charge in [-0.2, -0.15) is 0 Å². The molecule has 0 fully saturated rings. The first-order valence-corrected chi connectivity index (χ1v) is 5.51. The normalized spacial score (nSPS) is 10.8. The lowest BCUT2D eigenvalue weighted by Gasteiger charge is -2.18. The summed E-state index contributed by atoms with van der Waals surface area (Å²) in [5.41, 5.74) is 2.14. The van der Waals surface area contributed by atoms with Gasteiger partial charge in [0.05, 0.1) is 13.2 Å². The number of hydrazine groups is 1. The number of rotatable bonds is 7. The molecule has 1 aromatic heterocycles. The number of carbonyl (C=O) groups is 1. The van der Waals surface area contributed by atoms with Crippen molar-refractivity contribution in [3.63, 3.8) is 0 Å². The molecule has 0 aliphatic rings. The summed E-state index contributed by atoms with van der Waals surface area (Å²) in [7, 11) is 0. The van der Waals surface area contributed by atoms with E-state index < -0.39 is 5.91 Å². The lowest BCUT2D eigenvalue weighted by molar-refractivity contribution is 0.0944. The number of hydrogen-bond acceptors (Lipinski definition) is 6. The van der Waals surface area contributed by atoms with Crippen molar-refractivity contribution < 1.29 is 14.4 Å². The van der Waals surface area contributed by atoms with Crippen molar-refractivity contribution in [2.24, 2.45) is 5.84 Å². The minimum absolute atomic E-state index is 0.0876. The summed E-state index contributed by atoms with van der Waals surface area (Å²) in [5.74, 6) is 5.08. The fraction of sp³-hybridized carbons (Fsp3) is 0.600. The molecule has 17 heavy (non-hydrogen) atoms. The topological polar surface area (TPSA) is 105 Å². The fourth-order valence-electron chi connectivity index (χ4n) is 1.52. The van der Waals surface area contributed by atoms with E-state index in [1.54, 1.807) is 6.07 Å². The summed E-state index contributed by atoms with van der Waals surface area (Å²) in [5, 5.41) is 12.5. The lowest BCUT2D eigenvalue weighted by Crippen LogP contribution is -2.30. The molecule has 0 bridgehead atoms. The van der Waals surface area contributed by atoms with E-state index >= 15 is 0 Å². The average molecular weight is 242 g/mol. The molecule has 7 nitrogen and oxygen atoms in total. The minimum Gasteiger partial charge on any atom is -0.395 e. The first kappa shape index (κ1) is 13.6. The van der Waals surface area contributed by atoms with Gasteiger partial charge in [-0.25, -0.2) is 5.84 Å². The first-order chi connectivity index (χ1) is 8.21. The van der Waals surface area contributed by atoms with Crippen LogP contribution in [-0.4, -0.2) is 40.8 Å². The number of carbonyl (C=O) groups excluding carboxylic acids is 1. The molecule has 96 valence electrons. The van der Waals surface area contributed by atoms with Gasteiger partial charge in [0.2, 0.25) is 0 Å². The van der Waals surface area contributed by atoms with Crippen LogP contribution in [-0.2, 0) is 6.54 Å². The van der Waals surface area contributed by atoms with Gasteiger partial charge in [-0.1, -0.05) is 12.1 Å². The molecule has 0 atom stereocenters. The molecular weight excluding hydrogens is 224 g/mol. The number of amides is 1. The van der Waals surface area contributed by atoms with Crippen molar-refractivity contribution in [2.75, 3.05) is 19.7 Å². The number of aromatic nitrogens is 1. The molecule has 0 aliphatic heterocycles. The van der Waals surface area contributed by atoms with Crippen molar-refractivity contribution >= 4 is 5.91 Å². The first-order valence-electron chi connectivity index (χ1n) is 5.51. The maximum Gasteiger partial charge on any atom is 0.287 e. The maximum atomic E-state index is 11.2. The summed E-state index contributed by atoms with van der Waals surface area (Å²) in [4.78, 5) is 13.2. The number of aliphatic hydroxyl groups excluding tert-OH is 1. The van der Waals surface area contributed by atoms with Crippen LogP contribution in [0.2, 0.25) is 0 Å². The predicted octanol–water partition coefficient (Wildman–Crippen LogP) is -0.518. The smallest absolute Gasteiger partial charge is 0.287 e. The summed E-state index contributed by atoms with van der Waals surface area (Å²) in [6.07, 6.45) is 0.976. The number of nitrogen functional groups attached to an aromatic ring is 1. The standard InChI is InChI=1S/C10H18N4O3/c1-2-3-14(4-5-15)7-8-6-9(13-17-8)10(16)12-11/h6,15H,2-5,7,11H2,1H3,(H,12,16). The Morgan fingerprint density at radius 2 is 2.41 bits per heavy atom. The zero-order valence-corrected chi connectivity index (χ0v) is 9.85. The maximum absolute atomic E-state index is 11.2. The Balaban J connectivity index is 2.60. The van der Waals surface area contributed by atoms with Crippen molar-refractivity contribution in [3.05, 3.63) is 17.5 Å². The largest absolute Gasteiger partial charge is 0.395 e. The van der Waals surface area contributed by atoms with Crippen molar-refractivity contribution in [1.29, 1.82) is 0 Å². The Morgan fingerprint density at radius 3 is 3.00 bits per heavy atom. The highest BCUT2D eigenvalue weighted by Gasteiger charge is 2.13. The molecule has 1 heterocycles. The van der Waals surface area contributed by atoms with Crippen molar-refractivity contribution in [3.8, 4) is 0 Å². The fourth-order valence-corrected chi connectivity index (χ4v) is 1.52. The molecule has 1 amide bonds. The van der Waals surface area contributed by atoms with E-state index in [4.69, 9.17) is 15.5 Å². The quantitative estimate of drug-likeness (QED) is 0.338. The Hall–Kier alpha value is -1.44. The molecule has 4 N–H and O–H groups in total. The van der Waals surface area contributed by atoms with Gasteiger partial charge in [0, 0.05) is 12.6 Å². The second kappa shape index (κ2) is 7.00. The third-order valence-electron chi connectivity index (χ3n) is 2.26. The van der Waals surface area contributed by atoms with Gasteiger partial charge in [-0.05, 0) is 13.0 Å². The summed E-state index contributed by atoms with van der Waals surface area (Å²) >= 11 is 0. The van der Waals surface area contributed by atoms with E-state index in [-0.39, 0.29) is 12.3 Å². The zero-order chi connectivity index (χ0) is 12.7. The Morgan fingerprint density at radius 1 is 1.65 bits per heavy atom. The molecule has 0 unspecified atom stereocenters. The molecule has 0 aromatic carbocycles. The zero-order valence-electron chi connectivity index (χ0n) is 9.85. The molecule has 0 radical (unpaired) electrons. The van der Waals surface area contributed by atoms with E-state index in [0.717, 1.165) is 13.0 Å². The number of nitrogens with zero attached hydrogens (tertiary/aromatic N) is 2. The molecule has 0 saturated carbocycles. The van der Waals surface area contributed by atoms with Crippen LogP contribution in [0.15, 0.2) is 10.6 Å². The molecule has 0 saturated heterocycles. The molecular formula is C10H18N4O3. The third-order valence-corrected chi connectivity index (χ3v) is 2.26. The van der Waals surface area contributed by atoms with E-state index in [1.165, 1.54) is 0 Å². The van der Waals surface area contributed by atoms with Crippen molar-refractivity contribution in [1.82, 2.24) is 15.5 Å². The van der Waals surface area contributed by atoms with Gasteiger partial charge in [0.15, 0.2) is 11.5 Å². The number of aliphatic hydroxyl groups is 1.